The molecule has 5 heteroatoms. The van der Waals surface area contributed by atoms with Crippen molar-refractivity contribution in [3.63, 3.8) is 0 Å². The molecule has 2 aromatic heterocycles. The van der Waals surface area contributed by atoms with Crippen molar-refractivity contribution in [1.82, 2.24) is 19.3 Å². The standard InChI is InChI=1S/C11H17N5/c1-4-16-6-5-12-11(16)7-13-10-8-15(3)14-9(10)2/h5-6,8,13H,4,7H2,1-3H3. The van der Waals surface area contributed by atoms with E-state index in [2.05, 4.69) is 26.9 Å². The van der Waals surface area contributed by atoms with E-state index in [-0.39, 0.29) is 0 Å². The summed E-state index contributed by atoms with van der Waals surface area (Å²) in [4.78, 5) is 4.31. The predicted octanol–water partition coefficient (Wildman–Crippen LogP) is 1.56. The summed E-state index contributed by atoms with van der Waals surface area (Å²) in [5, 5.41) is 7.62. The van der Waals surface area contributed by atoms with Gasteiger partial charge in [0.2, 0.25) is 0 Å². The molecule has 0 aliphatic carbocycles. The van der Waals surface area contributed by atoms with Crippen molar-refractivity contribution in [2.45, 2.75) is 26.9 Å². The van der Waals surface area contributed by atoms with Gasteiger partial charge in [-0.15, -0.1) is 0 Å². The number of anilines is 1. The van der Waals surface area contributed by atoms with E-state index < -0.39 is 0 Å². The minimum atomic E-state index is 0.730. The lowest BCUT2D eigenvalue weighted by Crippen LogP contribution is -2.07. The SMILES string of the molecule is CCn1ccnc1CNc1cn(C)nc1C. The predicted molar refractivity (Wildman–Crippen MR) is 63.2 cm³/mol. The van der Waals surface area contributed by atoms with E-state index in [1.165, 1.54) is 0 Å². The van der Waals surface area contributed by atoms with Crippen LogP contribution in [0.2, 0.25) is 0 Å². The second-order valence-corrected chi connectivity index (χ2v) is 3.78. The summed E-state index contributed by atoms with van der Waals surface area (Å²) in [6.07, 6.45) is 5.80. The van der Waals surface area contributed by atoms with E-state index in [9.17, 15) is 0 Å². The molecule has 86 valence electrons. The maximum Gasteiger partial charge on any atom is 0.128 e. The van der Waals surface area contributed by atoms with Gasteiger partial charge >= 0.3 is 0 Å². The molecule has 2 heterocycles. The number of nitrogens with zero attached hydrogens (tertiary/aromatic N) is 4. The lowest BCUT2D eigenvalue weighted by atomic mass is 10.4. The molecule has 0 saturated heterocycles. The molecule has 0 aliphatic heterocycles. The first-order valence-corrected chi connectivity index (χ1v) is 5.45. The number of nitrogens with one attached hydrogen (secondary N) is 1. The van der Waals surface area contributed by atoms with Crippen molar-refractivity contribution < 1.29 is 0 Å². The van der Waals surface area contributed by atoms with Gasteiger partial charge in [0, 0.05) is 32.2 Å². The van der Waals surface area contributed by atoms with Crippen molar-refractivity contribution in [3.05, 3.63) is 30.1 Å². The first-order valence-electron chi connectivity index (χ1n) is 5.45. The molecule has 2 rings (SSSR count). The third-order valence-electron chi connectivity index (χ3n) is 2.59. The van der Waals surface area contributed by atoms with E-state index in [1.54, 1.807) is 0 Å². The third kappa shape index (κ3) is 2.08. The fourth-order valence-electron chi connectivity index (χ4n) is 1.74. The number of hydrogen-bond donors (Lipinski definition) is 1. The molecule has 0 unspecified atom stereocenters. The van der Waals surface area contributed by atoms with Gasteiger partial charge < -0.3 is 9.88 Å². The van der Waals surface area contributed by atoms with Crippen molar-refractivity contribution in [2.75, 3.05) is 5.32 Å². The molecule has 0 aliphatic rings. The van der Waals surface area contributed by atoms with Crippen molar-refractivity contribution in [2.24, 2.45) is 7.05 Å². The number of hydrogen-bond acceptors (Lipinski definition) is 3. The van der Waals surface area contributed by atoms with E-state index in [4.69, 9.17) is 0 Å². The van der Waals surface area contributed by atoms with Crippen LogP contribution in [0.4, 0.5) is 5.69 Å². The molecule has 0 saturated carbocycles. The molecule has 16 heavy (non-hydrogen) atoms. The van der Waals surface area contributed by atoms with Crippen molar-refractivity contribution in [1.29, 1.82) is 0 Å². The zero-order valence-electron chi connectivity index (χ0n) is 9.94. The van der Waals surface area contributed by atoms with Crippen LogP contribution in [-0.4, -0.2) is 19.3 Å². The highest BCUT2D eigenvalue weighted by Crippen LogP contribution is 2.12. The quantitative estimate of drug-likeness (QED) is 0.848. The highest BCUT2D eigenvalue weighted by molar-refractivity contribution is 5.45. The Labute approximate surface area is 95.1 Å². The van der Waals surface area contributed by atoms with Crippen molar-refractivity contribution in [3.8, 4) is 0 Å². The summed E-state index contributed by atoms with van der Waals surface area (Å²) in [7, 11) is 1.92. The first-order chi connectivity index (χ1) is 7.70. The van der Waals surface area contributed by atoms with Crippen LogP contribution in [0, 0.1) is 6.92 Å². The van der Waals surface area contributed by atoms with Crippen LogP contribution in [0.1, 0.15) is 18.4 Å². The fourth-order valence-corrected chi connectivity index (χ4v) is 1.74. The van der Waals surface area contributed by atoms with Crippen LogP contribution >= 0.6 is 0 Å². The Hall–Kier alpha value is -1.78. The fraction of sp³-hybridized carbons (Fsp3) is 0.455. The highest BCUT2D eigenvalue weighted by atomic mass is 15.3. The Balaban J connectivity index is 2.05. The number of rotatable bonds is 4. The van der Waals surface area contributed by atoms with Crippen molar-refractivity contribution >= 4 is 5.69 Å². The largest absolute Gasteiger partial charge is 0.375 e. The summed E-state index contributed by atoms with van der Waals surface area (Å²) in [5.41, 5.74) is 2.07. The zero-order chi connectivity index (χ0) is 11.5. The second-order valence-electron chi connectivity index (χ2n) is 3.78. The summed E-state index contributed by atoms with van der Waals surface area (Å²) in [6.45, 7) is 5.78. The normalized spacial score (nSPS) is 10.7. The van der Waals surface area contributed by atoms with Gasteiger partial charge in [-0.2, -0.15) is 5.10 Å². The minimum absolute atomic E-state index is 0.730. The van der Waals surface area contributed by atoms with Crippen LogP contribution in [0.15, 0.2) is 18.6 Å². The Morgan fingerprint density at radius 1 is 1.44 bits per heavy atom. The molecule has 0 fully saturated rings. The van der Waals surface area contributed by atoms with Crippen LogP contribution in [-0.2, 0) is 20.1 Å². The van der Waals surface area contributed by atoms with Gasteiger partial charge in [-0.1, -0.05) is 0 Å². The molecule has 0 spiro atoms. The summed E-state index contributed by atoms with van der Waals surface area (Å²) in [5.74, 6) is 1.05. The van der Waals surface area contributed by atoms with E-state index in [0.717, 1.165) is 30.3 Å². The smallest absolute Gasteiger partial charge is 0.128 e. The first kappa shape index (κ1) is 10.7. The lowest BCUT2D eigenvalue weighted by molar-refractivity contribution is 0.708. The summed E-state index contributed by atoms with van der Waals surface area (Å²) >= 11 is 0. The second kappa shape index (κ2) is 4.38. The lowest BCUT2D eigenvalue weighted by Gasteiger charge is -2.06. The van der Waals surface area contributed by atoms with Crippen LogP contribution in [0.5, 0.6) is 0 Å². The maximum atomic E-state index is 4.31. The van der Waals surface area contributed by atoms with Gasteiger partial charge in [-0.3, -0.25) is 4.68 Å². The third-order valence-corrected chi connectivity index (χ3v) is 2.59. The summed E-state index contributed by atoms with van der Waals surface area (Å²) in [6, 6.07) is 0. The van der Waals surface area contributed by atoms with E-state index in [0.29, 0.717) is 0 Å². The summed E-state index contributed by atoms with van der Waals surface area (Å²) < 4.78 is 3.93. The van der Waals surface area contributed by atoms with Gasteiger partial charge in [-0.05, 0) is 13.8 Å². The minimum Gasteiger partial charge on any atom is -0.375 e. The maximum absolute atomic E-state index is 4.31. The van der Waals surface area contributed by atoms with E-state index in [1.807, 2.05) is 37.2 Å². The van der Waals surface area contributed by atoms with Gasteiger partial charge in [0.05, 0.1) is 17.9 Å². The number of imidazole rings is 1. The average molecular weight is 219 g/mol. The molecule has 1 N–H and O–H groups in total. The topological polar surface area (TPSA) is 47.7 Å². The van der Waals surface area contributed by atoms with Crippen LogP contribution < -0.4 is 5.32 Å². The van der Waals surface area contributed by atoms with Crippen LogP contribution in [0.25, 0.3) is 0 Å². The Morgan fingerprint density at radius 2 is 2.25 bits per heavy atom. The molecule has 2 aromatic rings. The van der Waals surface area contributed by atoms with Gasteiger partial charge in [0.1, 0.15) is 5.82 Å². The molecule has 5 nitrogen and oxygen atoms in total. The molecule has 0 amide bonds. The number of aromatic nitrogens is 4. The molecular weight excluding hydrogens is 202 g/mol. The Morgan fingerprint density at radius 3 is 2.88 bits per heavy atom. The van der Waals surface area contributed by atoms with Gasteiger partial charge in [0.15, 0.2) is 0 Å². The van der Waals surface area contributed by atoms with Crippen LogP contribution in [0.3, 0.4) is 0 Å². The Bertz CT molecular complexity index is 468. The molecule has 0 bridgehead atoms. The monoisotopic (exact) mass is 219 g/mol. The zero-order valence-corrected chi connectivity index (χ0v) is 9.94. The number of aryl methyl sites for hydroxylation is 3. The Kier molecular flexibility index (Phi) is 2.94. The molecular formula is C11H17N5. The molecule has 0 radical (unpaired) electrons. The highest BCUT2D eigenvalue weighted by Gasteiger charge is 2.04. The molecule has 0 atom stereocenters. The average Bonchev–Trinajstić information content (AvgIpc) is 2.81. The molecule has 0 aromatic carbocycles. The van der Waals surface area contributed by atoms with Gasteiger partial charge in [-0.25, -0.2) is 4.98 Å². The van der Waals surface area contributed by atoms with E-state index >= 15 is 0 Å². The van der Waals surface area contributed by atoms with Gasteiger partial charge in [0.25, 0.3) is 0 Å².